The van der Waals surface area contributed by atoms with E-state index >= 15 is 0 Å². The van der Waals surface area contributed by atoms with Gasteiger partial charge in [0.1, 0.15) is 24.4 Å². The highest BCUT2D eigenvalue weighted by molar-refractivity contribution is 5.92. The summed E-state index contributed by atoms with van der Waals surface area (Å²) in [6.07, 6.45) is -4.70. The fourth-order valence-electron chi connectivity index (χ4n) is 3.46. The summed E-state index contributed by atoms with van der Waals surface area (Å²) >= 11 is 0. The fourth-order valence-corrected chi connectivity index (χ4v) is 3.46. The molecule has 0 fully saturated rings. The molecule has 2 atom stereocenters. The maximum Gasteiger partial charge on any atom is 0.416 e. The lowest BCUT2D eigenvalue weighted by molar-refractivity contribution is -0.137. The Morgan fingerprint density at radius 2 is 1.76 bits per heavy atom. The Bertz CT molecular complexity index is 1120. The van der Waals surface area contributed by atoms with Crippen molar-refractivity contribution in [1.29, 1.82) is 0 Å². The first kappa shape index (κ1) is 25.5. The normalized spacial score (nSPS) is 13.5. The molecule has 1 unspecified atom stereocenters. The van der Waals surface area contributed by atoms with Crippen molar-refractivity contribution in [3.05, 3.63) is 53.3 Å². The summed E-state index contributed by atoms with van der Waals surface area (Å²) in [5, 5.41) is 3.86. The van der Waals surface area contributed by atoms with E-state index in [0.29, 0.717) is 46.2 Å². The Labute approximate surface area is 196 Å². The number of anilines is 1. The van der Waals surface area contributed by atoms with Crippen LogP contribution in [0.1, 0.15) is 29.9 Å². The zero-order valence-corrected chi connectivity index (χ0v) is 19.7. The van der Waals surface area contributed by atoms with Crippen molar-refractivity contribution < 1.29 is 32.1 Å². The van der Waals surface area contributed by atoms with Crippen LogP contribution in [0.5, 0.6) is 11.5 Å². The number of aromatic nitrogens is 2. The fraction of sp³-hybridized carbons (Fsp3) is 0.417. The third kappa shape index (κ3) is 6.06. The van der Waals surface area contributed by atoms with Gasteiger partial charge in [-0.2, -0.15) is 13.2 Å². The van der Waals surface area contributed by atoms with E-state index in [0.717, 1.165) is 12.1 Å². The van der Waals surface area contributed by atoms with Crippen LogP contribution in [-0.2, 0) is 15.7 Å². The first-order valence-electron chi connectivity index (χ1n) is 10.6. The number of ether oxygens (including phenoxy) is 4. The monoisotopic (exact) mass is 479 g/mol. The molecule has 10 heteroatoms. The van der Waals surface area contributed by atoms with Gasteiger partial charge in [0.25, 0.3) is 0 Å². The second kappa shape index (κ2) is 10.9. The molecule has 7 nitrogen and oxygen atoms in total. The third-order valence-electron chi connectivity index (χ3n) is 5.27. The average molecular weight is 479 g/mol. The number of fused-ring (bicyclic) bond motifs is 1. The van der Waals surface area contributed by atoms with Gasteiger partial charge in [0.05, 0.1) is 24.8 Å². The van der Waals surface area contributed by atoms with Crippen LogP contribution in [-0.4, -0.2) is 50.6 Å². The van der Waals surface area contributed by atoms with Gasteiger partial charge in [-0.1, -0.05) is 12.1 Å². The predicted molar refractivity (Wildman–Crippen MR) is 122 cm³/mol. The first-order valence-corrected chi connectivity index (χ1v) is 10.6. The summed E-state index contributed by atoms with van der Waals surface area (Å²) in [4.78, 5) is 8.96. The van der Waals surface area contributed by atoms with Gasteiger partial charge in [0.15, 0.2) is 11.5 Å². The SMILES string of the molecule is COCC(COc1cc2c(N[C@H](C)c3cccc(C(F)(F)F)c3)nc(C)nc2cc1OC)OC. The molecule has 1 heterocycles. The number of nitrogens with one attached hydrogen (secondary N) is 1. The molecule has 34 heavy (non-hydrogen) atoms. The highest BCUT2D eigenvalue weighted by atomic mass is 19.4. The Hall–Kier alpha value is -3.11. The molecule has 184 valence electrons. The number of rotatable bonds is 10. The minimum Gasteiger partial charge on any atom is -0.493 e. The molecule has 0 radical (unpaired) electrons. The Kier molecular flexibility index (Phi) is 8.16. The van der Waals surface area contributed by atoms with Crippen molar-refractivity contribution in [3.63, 3.8) is 0 Å². The molecule has 3 rings (SSSR count). The van der Waals surface area contributed by atoms with Gasteiger partial charge in [-0.3, -0.25) is 0 Å². The molecule has 0 amide bonds. The summed E-state index contributed by atoms with van der Waals surface area (Å²) in [5.74, 6) is 1.91. The van der Waals surface area contributed by atoms with Crippen LogP contribution in [0.25, 0.3) is 10.9 Å². The second-order valence-corrected chi connectivity index (χ2v) is 7.75. The maximum atomic E-state index is 13.2. The Morgan fingerprint density at radius 3 is 2.41 bits per heavy atom. The Balaban J connectivity index is 1.95. The highest BCUT2D eigenvalue weighted by Crippen LogP contribution is 2.36. The molecule has 0 bridgehead atoms. The van der Waals surface area contributed by atoms with E-state index < -0.39 is 17.8 Å². The minimum absolute atomic E-state index is 0.225. The van der Waals surface area contributed by atoms with Crippen LogP contribution < -0.4 is 14.8 Å². The number of benzene rings is 2. The number of hydrogen-bond acceptors (Lipinski definition) is 7. The van der Waals surface area contributed by atoms with Crippen molar-refractivity contribution in [2.75, 3.05) is 39.9 Å². The van der Waals surface area contributed by atoms with Crippen molar-refractivity contribution in [3.8, 4) is 11.5 Å². The molecule has 0 aliphatic heterocycles. The lowest BCUT2D eigenvalue weighted by Crippen LogP contribution is -2.25. The molecule has 2 aromatic carbocycles. The number of alkyl halides is 3. The van der Waals surface area contributed by atoms with E-state index in [2.05, 4.69) is 15.3 Å². The third-order valence-corrected chi connectivity index (χ3v) is 5.27. The Morgan fingerprint density at radius 1 is 1.00 bits per heavy atom. The molecule has 1 N–H and O–H groups in total. The largest absolute Gasteiger partial charge is 0.493 e. The van der Waals surface area contributed by atoms with Gasteiger partial charge in [-0.15, -0.1) is 0 Å². The van der Waals surface area contributed by atoms with Gasteiger partial charge in [-0.25, -0.2) is 9.97 Å². The van der Waals surface area contributed by atoms with Crippen LogP contribution in [0.4, 0.5) is 19.0 Å². The van der Waals surface area contributed by atoms with E-state index in [4.69, 9.17) is 18.9 Å². The number of hydrogen-bond donors (Lipinski definition) is 1. The number of nitrogens with zero attached hydrogens (tertiary/aromatic N) is 2. The summed E-state index contributed by atoms with van der Waals surface area (Å²) in [5.41, 5.74) is 0.383. The molecule has 0 spiro atoms. The zero-order valence-electron chi connectivity index (χ0n) is 19.7. The standard InChI is InChI=1S/C24H28F3N3O4/c1-14(16-7-6-8-17(9-16)24(25,26)27)28-23-19-10-22(34-13-18(32-4)12-31-3)21(33-5)11-20(19)29-15(2)30-23/h6-11,14,18H,12-13H2,1-5H3,(H,28,29,30)/t14-,18?/m1/s1. The van der Waals surface area contributed by atoms with E-state index in [1.807, 2.05) is 0 Å². The van der Waals surface area contributed by atoms with Crippen LogP contribution in [0.2, 0.25) is 0 Å². The highest BCUT2D eigenvalue weighted by Gasteiger charge is 2.30. The summed E-state index contributed by atoms with van der Waals surface area (Å²) in [6.45, 7) is 4.09. The van der Waals surface area contributed by atoms with E-state index in [-0.39, 0.29) is 12.7 Å². The van der Waals surface area contributed by atoms with E-state index in [1.165, 1.54) is 13.2 Å². The number of methoxy groups -OCH3 is 3. The van der Waals surface area contributed by atoms with Crippen LogP contribution in [0.3, 0.4) is 0 Å². The van der Waals surface area contributed by atoms with Gasteiger partial charge in [-0.05, 0) is 37.6 Å². The summed E-state index contributed by atoms with van der Waals surface area (Å²) < 4.78 is 61.3. The van der Waals surface area contributed by atoms with Gasteiger partial charge in [0, 0.05) is 31.7 Å². The summed E-state index contributed by atoms with van der Waals surface area (Å²) in [7, 11) is 4.67. The van der Waals surface area contributed by atoms with E-state index in [1.54, 1.807) is 46.3 Å². The molecule has 3 aromatic rings. The topological polar surface area (TPSA) is 74.7 Å². The lowest BCUT2D eigenvalue weighted by atomic mass is 10.0. The van der Waals surface area contributed by atoms with Crippen molar-refractivity contribution in [1.82, 2.24) is 9.97 Å². The smallest absolute Gasteiger partial charge is 0.416 e. The minimum atomic E-state index is -4.42. The van der Waals surface area contributed by atoms with Crippen molar-refractivity contribution >= 4 is 16.7 Å². The molecular weight excluding hydrogens is 451 g/mol. The van der Waals surface area contributed by atoms with Gasteiger partial charge < -0.3 is 24.3 Å². The summed E-state index contributed by atoms with van der Waals surface area (Å²) in [6, 6.07) is 8.24. The van der Waals surface area contributed by atoms with E-state index in [9.17, 15) is 13.2 Å². The first-order chi connectivity index (χ1) is 16.2. The molecule has 1 aromatic heterocycles. The molecular formula is C24H28F3N3O4. The second-order valence-electron chi connectivity index (χ2n) is 7.75. The molecule has 0 saturated heterocycles. The number of halogens is 3. The quantitative estimate of drug-likeness (QED) is 0.430. The van der Waals surface area contributed by atoms with Crippen molar-refractivity contribution in [2.45, 2.75) is 32.2 Å². The van der Waals surface area contributed by atoms with Crippen LogP contribution in [0.15, 0.2) is 36.4 Å². The van der Waals surface area contributed by atoms with Crippen molar-refractivity contribution in [2.24, 2.45) is 0 Å². The van der Waals surface area contributed by atoms with Gasteiger partial charge >= 0.3 is 6.18 Å². The van der Waals surface area contributed by atoms with Crippen LogP contribution in [0, 0.1) is 6.92 Å². The number of aryl methyl sites for hydroxylation is 1. The average Bonchev–Trinajstić information content (AvgIpc) is 2.80. The zero-order chi connectivity index (χ0) is 24.9. The van der Waals surface area contributed by atoms with Crippen LogP contribution >= 0.6 is 0 Å². The molecule has 0 aliphatic rings. The van der Waals surface area contributed by atoms with Gasteiger partial charge in [0.2, 0.25) is 0 Å². The molecule has 0 saturated carbocycles. The molecule has 0 aliphatic carbocycles. The maximum absolute atomic E-state index is 13.2. The lowest BCUT2D eigenvalue weighted by Gasteiger charge is -2.20. The predicted octanol–water partition coefficient (Wildman–Crippen LogP) is 5.18.